The maximum atomic E-state index is 12.8. The molecule has 0 aliphatic carbocycles. The van der Waals surface area contributed by atoms with Crippen LogP contribution < -0.4 is 15.5 Å². The largest absolute Gasteiger partial charge is 0.369 e. The van der Waals surface area contributed by atoms with Crippen molar-refractivity contribution in [2.24, 2.45) is 0 Å². The van der Waals surface area contributed by atoms with Crippen LogP contribution in [0.1, 0.15) is 34.9 Å². The van der Waals surface area contributed by atoms with Crippen LogP contribution in [0.5, 0.6) is 0 Å². The first-order valence-electron chi connectivity index (χ1n) is 10.7. The first-order chi connectivity index (χ1) is 14.7. The number of rotatable bonds is 4. The fourth-order valence-corrected chi connectivity index (χ4v) is 4.55. The molecule has 2 aliphatic heterocycles. The highest BCUT2D eigenvalue weighted by molar-refractivity contribution is 6.05. The molecule has 5 rings (SSSR count). The van der Waals surface area contributed by atoms with Crippen LogP contribution in [-0.4, -0.2) is 60.5 Å². The fourth-order valence-electron chi connectivity index (χ4n) is 4.55. The molecule has 0 saturated carbocycles. The van der Waals surface area contributed by atoms with Crippen LogP contribution >= 0.6 is 12.4 Å². The number of halogens is 1. The normalized spacial score (nSPS) is 19.4. The molecule has 164 valence electrons. The molecule has 1 aromatic carbocycles. The van der Waals surface area contributed by atoms with E-state index >= 15 is 0 Å². The molecule has 0 bridgehead atoms. The second kappa shape index (κ2) is 9.26. The number of carbonyl (C=O) groups is 1. The zero-order valence-electron chi connectivity index (χ0n) is 17.7. The summed E-state index contributed by atoms with van der Waals surface area (Å²) < 4.78 is 0. The minimum absolute atomic E-state index is 0. The first kappa shape index (κ1) is 21.6. The fraction of sp³-hybridized carbons (Fsp3) is 0.391. The Morgan fingerprint density at radius 2 is 2.00 bits per heavy atom. The van der Waals surface area contributed by atoms with E-state index < -0.39 is 0 Å². The van der Waals surface area contributed by atoms with Crippen LogP contribution in [0.4, 0.5) is 11.5 Å². The van der Waals surface area contributed by atoms with Gasteiger partial charge >= 0.3 is 0 Å². The molecule has 8 heteroatoms. The number of aromatic nitrogens is 2. The summed E-state index contributed by atoms with van der Waals surface area (Å²) in [6, 6.07) is 12.3. The van der Waals surface area contributed by atoms with Crippen molar-refractivity contribution in [2.45, 2.75) is 18.9 Å². The van der Waals surface area contributed by atoms with Gasteiger partial charge in [0.25, 0.3) is 5.91 Å². The van der Waals surface area contributed by atoms with Crippen molar-refractivity contribution in [3.05, 3.63) is 53.9 Å². The number of benzene rings is 1. The third kappa shape index (κ3) is 4.54. The van der Waals surface area contributed by atoms with Crippen molar-refractivity contribution in [3.63, 3.8) is 0 Å². The predicted molar refractivity (Wildman–Crippen MR) is 127 cm³/mol. The van der Waals surface area contributed by atoms with E-state index in [1.165, 1.54) is 18.5 Å². The Hall–Kier alpha value is -2.61. The molecule has 0 radical (unpaired) electrons. The number of hydrogen-bond donors (Lipinski definition) is 3. The van der Waals surface area contributed by atoms with E-state index in [9.17, 15) is 4.79 Å². The molecule has 1 amide bonds. The predicted octanol–water partition coefficient (Wildman–Crippen LogP) is 3.41. The summed E-state index contributed by atoms with van der Waals surface area (Å²) in [5.74, 6) is 0.425. The smallest absolute Gasteiger partial charge is 0.256 e. The molecule has 4 heterocycles. The molecule has 0 unspecified atom stereocenters. The van der Waals surface area contributed by atoms with Gasteiger partial charge in [0.2, 0.25) is 0 Å². The van der Waals surface area contributed by atoms with Crippen molar-refractivity contribution >= 4 is 40.7 Å². The van der Waals surface area contributed by atoms with Gasteiger partial charge in [-0.15, -0.1) is 12.4 Å². The van der Waals surface area contributed by atoms with Crippen molar-refractivity contribution in [2.75, 3.05) is 50.0 Å². The molecule has 2 fully saturated rings. The van der Waals surface area contributed by atoms with Gasteiger partial charge < -0.3 is 20.5 Å². The van der Waals surface area contributed by atoms with Gasteiger partial charge in [-0.3, -0.25) is 9.69 Å². The number of likely N-dealkylation sites (tertiary alicyclic amines) is 1. The van der Waals surface area contributed by atoms with Crippen LogP contribution in [-0.2, 0) is 0 Å². The number of hydrogen-bond acceptors (Lipinski definition) is 5. The quantitative estimate of drug-likeness (QED) is 0.579. The first-order valence-corrected chi connectivity index (χ1v) is 10.7. The minimum atomic E-state index is -0.138. The maximum Gasteiger partial charge on any atom is 0.256 e. The topological polar surface area (TPSA) is 76.3 Å². The van der Waals surface area contributed by atoms with Gasteiger partial charge in [-0.05, 0) is 50.7 Å². The van der Waals surface area contributed by atoms with E-state index in [4.69, 9.17) is 0 Å². The molecule has 3 aromatic rings. The SMILES string of the molecule is CN1CCC[C@@H]1c1cc2cnc(NC(=O)c3cccc(N4CCNCC4)c3)cc2[nH]1.Cl. The number of anilines is 2. The Kier molecular flexibility index (Phi) is 6.46. The number of aromatic amines is 1. The third-order valence-electron chi connectivity index (χ3n) is 6.24. The summed E-state index contributed by atoms with van der Waals surface area (Å²) in [7, 11) is 2.17. The van der Waals surface area contributed by atoms with E-state index in [-0.39, 0.29) is 18.3 Å². The van der Waals surface area contributed by atoms with E-state index in [2.05, 4.69) is 49.6 Å². The summed E-state index contributed by atoms with van der Waals surface area (Å²) in [5.41, 5.74) is 3.96. The second-order valence-corrected chi connectivity index (χ2v) is 8.26. The lowest BCUT2D eigenvalue weighted by atomic mass is 10.1. The van der Waals surface area contributed by atoms with Gasteiger partial charge in [0.15, 0.2) is 0 Å². The average molecular weight is 441 g/mol. The molecule has 1 atom stereocenters. The number of piperazine rings is 1. The highest BCUT2D eigenvalue weighted by Crippen LogP contribution is 2.32. The highest BCUT2D eigenvalue weighted by Gasteiger charge is 2.24. The Balaban J connectivity index is 0.00000231. The van der Waals surface area contributed by atoms with Gasteiger partial charge in [0.1, 0.15) is 5.82 Å². The van der Waals surface area contributed by atoms with Crippen molar-refractivity contribution < 1.29 is 4.79 Å². The second-order valence-electron chi connectivity index (χ2n) is 8.26. The number of nitrogens with zero attached hydrogens (tertiary/aromatic N) is 3. The molecule has 2 aromatic heterocycles. The Labute approximate surface area is 188 Å². The van der Waals surface area contributed by atoms with Crippen molar-refractivity contribution in [3.8, 4) is 0 Å². The van der Waals surface area contributed by atoms with E-state index in [0.29, 0.717) is 17.4 Å². The zero-order chi connectivity index (χ0) is 20.5. The summed E-state index contributed by atoms with van der Waals surface area (Å²) in [5, 5.41) is 7.39. The average Bonchev–Trinajstić information content (AvgIpc) is 3.39. The van der Waals surface area contributed by atoms with Crippen LogP contribution in [0.2, 0.25) is 0 Å². The van der Waals surface area contributed by atoms with Crippen LogP contribution in [0.3, 0.4) is 0 Å². The Morgan fingerprint density at radius 3 is 2.77 bits per heavy atom. The Bertz CT molecular complexity index is 1060. The van der Waals surface area contributed by atoms with Crippen molar-refractivity contribution in [1.82, 2.24) is 20.2 Å². The minimum Gasteiger partial charge on any atom is -0.369 e. The van der Waals surface area contributed by atoms with Crippen LogP contribution in [0.15, 0.2) is 42.6 Å². The molecule has 31 heavy (non-hydrogen) atoms. The summed E-state index contributed by atoms with van der Waals surface area (Å²) >= 11 is 0. The van der Waals surface area contributed by atoms with Gasteiger partial charge in [0.05, 0.1) is 5.52 Å². The van der Waals surface area contributed by atoms with E-state index in [0.717, 1.165) is 49.3 Å². The van der Waals surface area contributed by atoms with Gasteiger partial charge in [-0.2, -0.15) is 0 Å². The van der Waals surface area contributed by atoms with Crippen LogP contribution in [0.25, 0.3) is 10.9 Å². The zero-order valence-corrected chi connectivity index (χ0v) is 18.5. The van der Waals surface area contributed by atoms with Crippen LogP contribution in [0, 0.1) is 0 Å². The Morgan fingerprint density at radius 1 is 1.16 bits per heavy atom. The number of carbonyl (C=O) groups excluding carboxylic acids is 1. The summed E-state index contributed by atoms with van der Waals surface area (Å²) in [6.07, 6.45) is 4.23. The summed E-state index contributed by atoms with van der Waals surface area (Å²) in [4.78, 5) is 25.5. The number of pyridine rings is 1. The van der Waals surface area contributed by atoms with Crippen molar-refractivity contribution in [1.29, 1.82) is 0 Å². The monoisotopic (exact) mass is 440 g/mol. The molecule has 7 nitrogen and oxygen atoms in total. The molecule has 2 saturated heterocycles. The maximum absolute atomic E-state index is 12.8. The highest BCUT2D eigenvalue weighted by atomic mass is 35.5. The lowest BCUT2D eigenvalue weighted by molar-refractivity contribution is 0.102. The van der Waals surface area contributed by atoms with Gasteiger partial charge in [-0.1, -0.05) is 6.07 Å². The molecular weight excluding hydrogens is 412 g/mol. The van der Waals surface area contributed by atoms with E-state index in [1.807, 2.05) is 30.5 Å². The summed E-state index contributed by atoms with van der Waals surface area (Å²) in [6.45, 7) is 4.97. The molecule has 0 spiro atoms. The van der Waals surface area contributed by atoms with E-state index in [1.54, 1.807) is 0 Å². The lowest BCUT2D eigenvalue weighted by Gasteiger charge is -2.29. The number of amides is 1. The van der Waals surface area contributed by atoms with Gasteiger partial charge in [-0.25, -0.2) is 4.98 Å². The number of H-pyrrole nitrogens is 1. The third-order valence-corrected chi connectivity index (χ3v) is 6.24. The molecular formula is C23H29ClN6O. The number of fused-ring (bicyclic) bond motifs is 1. The lowest BCUT2D eigenvalue weighted by Crippen LogP contribution is -2.43. The number of nitrogens with one attached hydrogen (secondary N) is 3. The molecule has 2 aliphatic rings. The standard InChI is InChI=1S/C23H28N6O.ClH/c1-28-9-3-6-21(28)20-13-17-15-25-22(14-19(17)26-20)27-23(30)16-4-2-5-18(12-16)29-10-7-24-8-11-29;/h2,4-5,12-15,21,24,26H,3,6-11H2,1H3,(H,25,27,30);1H/t21-;/m1./s1. The van der Waals surface area contributed by atoms with Gasteiger partial charge in [0, 0.05) is 66.8 Å². The molecule has 3 N–H and O–H groups in total.